The molecule has 2 atom stereocenters. The average molecular weight is 277 g/mol. The van der Waals surface area contributed by atoms with E-state index in [4.69, 9.17) is 0 Å². The second-order valence-electron chi connectivity index (χ2n) is 6.75. The van der Waals surface area contributed by atoms with E-state index in [1.54, 1.807) is 5.56 Å². The van der Waals surface area contributed by atoms with Crippen LogP contribution in [-0.4, -0.2) is 24.5 Å². The van der Waals surface area contributed by atoms with Crippen molar-refractivity contribution >= 4 is 0 Å². The summed E-state index contributed by atoms with van der Waals surface area (Å²) in [6.07, 6.45) is 3.90. The molecule has 2 aromatic carbocycles. The summed E-state index contributed by atoms with van der Waals surface area (Å²) in [5, 5.41) is 0. The van der Waals surface area contributed by atoms with E-state index in [9.17, 15) is 0 Å². The third kappa shape index (κ3) is 2.51. The summed E-state index contributed by atoms with van der Waals surface area (Å²) in [6, 6.07) is 22.0. The van der Waals surface area contributed by atoms with Gasteiger partial charge in [-0.05, 0) is 42.9 Å². The predicted molar refractivity (Wildman–Crippen MR) is 87.4 cm³/mol. The van der Waals surface area contributed by atoms with E-state index in [-0.39, 0.29) is 0 Å². The van der Waals surface area contributed by atoms with Crippen molar-refractivity contribution < 1.29 is 0 Å². The highest BCUT2D eigenvalue weighted by atomic mass is 15.2. The normalized spacial score (nSPS) is 27.5. The van der Waals surface area contributed by atoms with Gasteiger partial charge in [0.25, 0.3) is 0 Å². The fourth-order valence-corrected chi connectivity index (χ4v) is 4.13. The molecule has 1 saturated heterocycles. The Morgan fingerprint density at radius 3 is 2.43 bits per heavy atom. The first-order chi connectivity index (χ1) is 10.4. The summed E-state index contributed by atoms with van der Waals surface area (Å²) in [5.74, 6) is 0.914. The van der Waals surface area contributed by atoms with Gasteiger partial charge in [0, 0.05) is 18.5 Å². The van der Waals surface area contributed by atoms with E-state index in [1.165, 1.54) is 44.5 Å². The first-order valence-corrected chi connectivity index (χ1v) is 8.19. The van der Waals surface area contributed by atoms with Gasteiger partial charge in [-0.25, -0.2) is 0 Å². The van der Waals surface area contributed by atoms with Crippen molar-refractivity contribution in [3.8, 4) is 0 Å². The quantitative estimate of drug-likeness (QED) is 0.801. The zero-order chi connectivity index (χ0) is 14.1. The predicted octanol–water partition coefficient (Wildman–Crippen LogP) is 3.89. The lowest BCUT2D eigenvalue weighted by Crippen LogP contribution is -2.27. The monoisotopic (exact) mass is 277 g/mol. The molecule has 0 spiro atoms. The molecule has 0 amide bonds. The first kappa shape index (κ1) is 13.1. The zero-order valence-electron chi connectivity index (χ0n) is 12.5. The van der Waals surface area contributed by atoms with Gasteiger partial charge in [-0.3, -0.25) is 0 Å². The summed E-state index contributed by atoms with van der Waals surface area (Å²) in [7, 11) is 0. The van der Waals surface area contributed by atoms with Crippen molar-refractivity contribution in [3.63, 3.8) is 0 Å². The fourth-order valence-electron chi connectivity index (χ4n) is 4.13. The summed E-state index contributed by atoms with van der Waals surface area (Å²) >= 11 is 0. The molecule has 4 rings (SSSR count). The SMILES string of the molecule is c1ccc(CCCN2C[C@@H]3C[C@]3(c3ccccc3)C2)cc1. The molecule has 1 aliphatic heterocycles. The van der Waals surface area contributed by atoms with Gasteiger partial charge in [0.1, 0.15) is 0 Å². The highest BCUT2D eigenvalue weighted by Gasteiger charge is 2.60. The maximum absolute atomic E-state index is 2.68. The molecule has 1 heterocycles. The van der Waals surface area contributed by atoms with E-state index < -0.39 is 0 Å². The Labute approximate surface area is 127 Å². The van der Waals surface area contributed by atoms with Gasteiger partial charge in [-0.1, -0.05) is 60.7 Å². The van der Waals surface area contributed by atoms with Gasteiger partial charge in [-0.2, -0.15) is 0 Å². The Hall–Kier alpha value is -1.60. The number of fused-ring (bicyclic) bond motifs is 1. The Bertz CT molecular complexity index is 592. The molecule has 1 aliphatic carbocycles. The molecule has 0 N–H and O–H groups in total. The molecule has 1 saturated carbocycles. The number of benzene rings is 2. The Morgan fingerprint density at radius 1 is 0.952 bits per heavy atom. The minimum atomic E-state index is 0.508. The molecule has 2 aliphatic rings. The van der Waals surface area contributed by atoms with Crippen LogP contribution in [0.15, 0.2) is 60.7 Å². The number of nitrogens with zero attached hydrogens (tertiary/aromatic N) is 1. The summed E-state index contributed by atoms with van der Waals surface area (Å²) in [4.78, 5) is 2.68. The first-order valence-electron chi connectivity index (χ1n) is 8.19. The Morgan fingerprint density at radius 2 is 1.67 bits per heavy atom. The van der Waals surface area contributed by atoms with Crippen LogP contribution < -0.4 is 0 Å². The second-order valence-corrected chi connectivity index (χ2v) is 6.75. The molecule has 0 unspecified atom stereocenters. The molecular formula is C20H23N. The smallest absolute Gasteiger partial charge is 0.0124 e. The Balaban J connectivity index is 1.32. The highest BCUT2D eigenvalue weighted by molar-refractivity contribution is 5.36. The number of piperidine rings is 1. The van der Waals surface area contributed by atoms with Crippen LogP contribution in [-0.2, 0) is 11.8 Å². The van der Waals surface area contributed by atoms with Gasteiger partial charge in [-0.15, -0.1) is 0 Å². The van der Waals surface area contributed by atoms with Crippen molar-refractivity contribution in [2.45, 2.75) is 24.7 Å². The Kier molecular flexibility index (Phi) is 3.31. The minimum absolute atomic E-state index is 0.508. The topological polar surface area (TPSA) is 3.24 Å². The largest absolute Gasteiger partial charge is 0.302 e. The molecule has 2 fully saturated rings. The van der Waals surface area contributed by atoms with Crippen LogP contribution in [0.3, 0.4) is 0 Å². The lowest BCUT2D eigenvalue weighted by Gasteiger charge is -2.21. The lowest BCUT2D eigenvalue weighted by molar-refractivity contribution is 0.294. The highest BCUT2D eigenvalue weighted by Crippen LogP contribution is 2.58. The van der Waals surface area contributed by atoms with Crippen molar-refractivity contribution in [2.75, 3.05) is 19.6 Å². The van der Waals surface area contributed by atoms with Crippen LogP contribution in [0.2, 0.25) is 0 Å². The molecule has 0 bridgehead atoms. The van der Waals surface area contributed by atoms with Crippen molar-refractivity contribution in [1.29, 1.82) is 0 Å². The molecule has 1 heteroatoms. The van der Waals surface area contributed by atoms with Crippen molar-refractivity contribution in [2.24, 2.45) is 5.92 Å². The van der Waals surface area contributed by atoms with Crippen molar-refractivity contribution in [1.82, 2.24) is 4.90 Å². The molecule has 108 valence electrons. The zero-order valence-corrected chi connectivity index (χ0v) is 12.5. The van der Waals surface area contributed by atoms with E-state index in [2.05, 4.69) is 65.6 Å². The van der Waals surface area contributed by atoms with E-state index >= 15 is 0 Å². The molecule has 0 aromatic heterocycles. The molecule has 2 aromatic rings. The fraction of sp³-hybridized carbons (Fsp3) is 0.400. The molecule has 0 radical (unpaired) electrons. The number of likely N-dealkylation sites (tertiary alicyclic amines) is 1. The van der Waals surface area contributed by atoms with Gasteiger partial charge in [0.2, 0.25) is 0 Å². The van der Waals surface area contributed by atoms with E-state index in [0.717, 1.165) is 5.92 Å². The molecular weight excluding hydrogens is 254 g/mol. The van der Waals surface area contributed by atoms with Crippen molar-refractivity contribution in [3.05, 3.63) is 71.8 Å². The van der Waals surface area contributed by atoms with Gasteiger partial charge >= 0.3 is 0 Å². The van der Waals surface area contributed by atoms with Gasteiger partial charge < -0.3 is 4.90 Å². The van der Waals surface area contributed by atoms with Crippen LogP contribution in [0.25, 0.3) is 0 Å². The summed E-state index contributed by atoms with van der Waals surface area (Å²) in [6.45, 7) is 3.83. The van der Waals surface area contributed by atoms with E-state index in [1.807, 2.05) is 0 Å². The second kappa shape index (κ2) is 5.31. The number of rotatable bonds is 5. The third-order valence-corrected chi connectivity index (χ3v) is 5.35. The van der Waals surface area contributed by atoms with Crippen LogP contribution in [0, 0.1) is 5.92 Å². The van der Waals surface area contributed by atoms with E-state index in [0.29, 0.717) is 5.41 Å². The maximum atomic E-state index is 2.68. The number of hydrogen-bond acceptors (Lipinski definition) is 1. The van der Waals surface area contributed by atoms with Gasteiger partial charge in [0.15, 0.2) is 0 Å². The minimum Gasteiger partial charge on any atom is -0.302 e. The maximum Gasteiger partial charge on any atom is 0.0124 e. The van der Waals surface area contributed by atoms with Crippen LogP contribution in [0.5, 0.6) is 0 Å². The molecule has 21 heavy (non-hydrogen) atoms. The van der Waals surface area contributed by atoms with Gasteiger partial charge in [0.05, 0.1) is 0 Å². The average Bonchev–Trinajstić information content (AvgIpc) is 3.12. The number of hydrogen-bond donors (Lipinski definition) is 0. The lowest BCUT2D eigenvalue weighted by atomic mass is 9.95. The molecule has 1 nitrogen and oxygen atoms in total. The number of aryl methyl sites for hydroxylation is 1. The third-order valence-electron chi connectivity index (χ3n) is 5.35. The standard InChI is InChI=1S/C20H23N/c1-3-8-17(9-4-1)10-7-13-21-15-19-14-20(19,16-21)18-11-5-2-6-12-18/h1-6,8-9,11-12,19H,7,10,13-16H2/t19-,20+/m0/s1. The van der Waals surface area contributed by atoms with Crippen LogP contribution >= 0.6 is 0 Å². The summed E-state index contributed by atoms with van der Waals surface area (Å²) < 4.78 is 0. The summed E-state index contributed by atoms with van der Waals surface area (Å²) in [5.41, 5.74) is 3.55. The van der Waals surface area contributed by atoms with Crippen LogP contribution in [0.1, 0.15) is 24.0 Å². The van der Waals surface area contributed by atoms with Crippen LogP contribution in [0.4, 0.5) is 0 Å².